The van der Waals surface area contributed by atoms with Gasteiger partial charge in [0, 0.05) is 0 Å². The van der Waals surface area contributed by atoms with Gasteiger partial charge in [0.2, 0.25) is 0 Å². The molecule has 0 saturated heterocycles. The summed E-state index contributed by atoms with van der Waals surface area (Å²) in [5.74, 6) is -1.22. The van der Waals surface area contributed by atoms with Crippen LogP contribution in [0.25, 0.3) is 0 Å². The van der Waals surface area contributed by atoms with E-state index in [4.69, 9.17) is 19.7 Å². The van der Waals surface area contributed by atoms with E-state index in [1.54, 1.807) is 24.3 Å². The topological polar surface area (TPSA) is 146 Å². The fourth-order valence-electron chi connectivity index (χ4n) is 3.90. The van der Waals surface area contributed by atoms with Crippen molar-refractivity contribution in [3.05, 3.63) is 59.7 Å². The molecule has 2 rings (SSSR count). The second-order valence-corrected chi connectivity index (χ2v) is 9.54. The molecule has 0 unspecified atom stereocenters. The summed E-state index contributed by atoms with van der Waals surface area (Å²) in [4.78, 5) is 45.1. The van der Waals surface area contributed by atoms with E-state index in [9.17, 15) is 19.2 Å². The van der Waals surface area contributed by atoms with E-state index in [2.05, 4.69) is 23.3 Å². The van der Waals surface area contributed by atoms with Crippen molar-refractivity contribution < 1.29 is 48.3 Å². The Hall–Kier alpha value is -4.08. The highest BCUT2D eigenvalue weighted by molar-refractivity contribution is 6.03. The summed E-state index contributed by atoms with van der Waals surface area (Å²) in [6.07, 6.45) is 10.6. The lowest BCUT2D eigenvalue weighted by Crippen LogP contribution is -2.15. The van der Waals surface area contributed by atoms with Crippen LogP contribution in [-0.4, -0.2) is 47.7 Å². The zero-order chi connectivity index (χ0) is 31.0. The summed E-state index contributed by atoms with van der Waals surface area (Å²) in [6, 6.07) is 12.3. The molecule has 0 fully saturated rings. The van der Waals surface area contributed by atoms with Gasteiger partial charge in [-0.1, -0.05) is 102 Å². The van der Waals surface area contributed by atoms with E-state index in [1.165, 1.54) is 75.6 Å². The minimum absolute atomic E-state index is 0.164. The molecule has 0 radical (unpaired) electrons. The zero-order valence-corrected chi connectivity index (χ0v) is 24.7. The first-order valence-electron chi connectivity index (χ1n) is 14.6. The Morgan fingerprint density at radius 1 is 0.524 bits per heavy atom. The molecule has 0 aliphatic carbocycles. The molecule has 42 heavy (non-hydrogen) atoms. The first-order chi connectivity index (χ1) is 20.3. The van der Waals surface area contributed by atoms with Gasteiger partial charge in [0.1, 0.15) is 0 Å². The van der Waals surface area contributed by atoms with Crippen LogP contribution < -0.4 is 9.47 Å². The third kappa shape index (κ3) is 16.2. The van der Waals surface area contributed by atoms with Crippen LogP contribution in [-0.2, 0) is 9.47 Å². The normalized spacial score (nSPS) is 10.1. The Labute approximate surface area is 247 Å². The number of para-hydroxylation sites is 2. The van der Waals surface area contributed by atoms with E-state index in [-0.39, 0.29) is 11.5 Å². The lowest BCUT2D eigenvalue weighted by atomic mass is 10.1. The van der Waals surface area contributed by atoms with E-state index in [0.29, 0.717) is 24.3 Å². The Morgan fingerprint density at radius 2 is 0.857 bits per heavy atom. The first kappa shape index (κ1) is 35.9. The number of hydrogen-bond donors (Lipinski definition) is 2. The maximum atomic E-state index is 12.4. The molecule has 0 aromatic heterocycles. The first-order valence-corrected chi connectivity index (χ1v) is 14.6. The third-order valence-electron chi connectivity index (χ3n) is 6.07. The summed E-state index contributed by atoms with van der Waals surface area (Å²) >= 11 is 0. The minimum Gasteiger partial charge on any atom is -0.462 e. The molecule has 2 aromatic rings. The van der Waals surface area contributed by atoms with Gasteiger partial charge in [0.05, 0.1) is 24.3 Å². The second kappa shape index (κ2) is 22.6. The number of unbranched alkanes of at least 4 members (excludes halogenated alkanes) is 10. The molecule has 2 aromatic carbocycles. The molecule has 0 aliphatic rings. The average molecular weight is 589 g/mol. The Balaban J connectivity index is 0.000000525. The van der Waals surface area contributed by atoms with Crippen molar-refractivity contribution in [1.82, 2.24) is 0 Å². The highest BCUT2D eigenvalue weighted by atomic mass is 16.7. The minimum atomic E-state index is -1.54. The molecule has 10 nitrogen and oxygen atoms in total. The van der Waals surface area contributed by atoms with Crippen LogP contribution in [0, 0.1) is 0 Å². The maximum Gasteiger partial charge on any atom is 0.511 e. The summed E-state index contributed by atoms with van der Waals surface area (Å²) in [5, 5.41) is 16.6. The van der Waals surface area contributed by atoms with Crippen molar-refractivity contribution >= 4 is 24.2 Å². The van der Waals surface area contributed by atoms with E-state index in [0.717, 1.165) is 25.7 Å². The van der Waals surface area contributed by atoms with Gasteiger partial charge in [-0.05, 0) is 37.1 Å². The summed E-state index contributed by atoms with van der Waals surface area (Å²) in [5.41, 5.74) is 0.586. The molecular formula is C32H44O10. The highest BCUT2D eigenvalue weighted by Crippen LogP contribution is 2.26. The van der Waals surface area contributed by atoms with Crippen molar-refractivity contribution in [2.24, 2.45) is 0 Å². The molecule has 0 saturated carbocycles. The molecule has 0 spiro atoms. The van der Waals surface area contributed by atoms with E-state index in [1.807, 2.05) is 0 Å². The number of benzene rings is 2. The van der Waals surface area contributed by atoms with Crippen LogP contribution in [0.4, 0.5) is 9.59 Å². The number of ether oxygens (including phenoxy) is 4. The maximum absolute atomic E-state index is 12.4. The van der Waals surface area contributed by atoms with Crippen molar-refractivity contribution in [2.75, 3.05) is 13.2 Å². The predicted molar refractivity (Wildman–Crippen MR) is 158 cm³/mol. The smallest absolute Gasteiger partial charge is 0.462 e. The quantitative estimate of drug-likeness (QED) is 0.0986. The van der Waals surface area contributed by atoms with Crippen LogP contribution in [0.3, 0.4) is 0 Å². The van der Waals surface area contributed by atoms with Crippen LogP contribution in [0.5, 0.6) is 11.5 Å². The van der Waals surface area contributed by atoms with Crippen molar-refractivity contribution in [2.45, 2.75) is 90.9 Å². The average Bonchev–Trinajstić information content (AvgIpc) is 2.97. The number of carbonyl (C=O) groups excluding carboxylic acids is 2. The Kier molecular flexibility index (Phi) is 19.3. The molecule has 2 N–H and O–H groups in total. The van der Waals surface area contributed by atoms with Gasteiger partial charge in [-0.15, -0.1) is 0 Å². The van der Waals surface area contributed by atoms with Gasteiger partial charge in [0.15, 0.2) is 11.5 Å². The number of hydrogen-bond acceptors (Lipinski definition) is 8. The van der Waals surface area contributed by atoms with Gasteiger partial charge >= 0.3 is 24.2 Å². The van der Waals surface area contributed by atoms with Crippen molar-refractivity contribution in [1.29, 1.82) is 0 Å². The molecule has 232 valence electrons. The fraction of sp³-hybridized carbons (Fsp3) is 0.500. The van der Waals surface area contributed by atoms with Gasteiger partial charge in [0.25, 0.3) is 0 Å². The Morgan fingerprint density at radius 3 is 1.21 bits per heavy atom. The number of esters is 2. The van der Waals surface area contributed by atoms with Gasteiger partial charge in [-0.25, -0.2) is 19.2 Å². The molecule has 10 heteroatoms. The number of carboxylic acid groups (broad SMARTS) is 2. The van der Waals surface area contributed by atoms with Gasteiger partial charge < -0.3 is 29.2 Å². The third-order valence-corrected chi connectivity index (χ3v) is 6.07. The molecule has 0 atom stereocenters. The molecule has 0 bridgehead atoms. The summed E-state index contributed by atoms with van der Waals surface area (Å²) in [7, 11) is 0. The van der Waals surface area contributed by atoms with Crippen LogP contribution in [0.1, 0.15) is 112 Å². The molecular weight excluding hydrogens is 544 g/mol. The largest absolute Gasteiger partial charge is 0.511 e. The van der Waals surface area contributed by atoms with Gasteiger partial charge in [-0.2, -0.15) is 0 Å². The van der Waals surface area contributed by atoms with Crippen molar-refractivity contribution in [3.63, 3.8) is 0 Å². The molecule has 0 aliphatic heterocycles. The highest BCUT2D eigenvalue weighted by Gasteiger charge is 2.18. The van der Waals surface area contributed by atoms with Crippen LogP contribution in [0.15, 0.2) is 48.5 Å². The number of rotatable bonds is 18. The van der Waals surface area contributed by atoms with Crippen molar-refractivity contribution in [3.8, 4) is 11.5 Å². The van der Waals surface area contributed by atoms with Crippen LogP contribution >= 0.6 is 0 Å². The predicted octanol–water partition coefficient (Wildman–Crippen LogP) is 8.52. The lowest BCUT2D eigenvalue weighted by molar-refractivity contribution is 0.0450. The molecule has 0 heterocycles. The summed E-state index contributed by atoms with van der Waals surface area (Å²) < 4.78 is 19.3. The SMILES string of the molecule is CCCCCCCCOC(=O)c1ccccc1C(=O)OCCCCCCCC.O=C(O)Oc1ccccc1OC(=O)O. The molecule has 0 amide bonds. The number of carbonyl (C=O) groups is 4. The zero-order valence-electron chi connectivity index (χ0n) is 24.7. The van der Waals surface area contributed by atoms with Gasteiger partial charge in [-0.3, -0.25) is 0 Å². The second-order valence-electron chi connectivity index (χ2n) is 9.54. The summed E-state index contributed by atoms with van der Waals surface area (Å²) in [6.45, 7) is 5.17. The van der Waals surface area contributed by atoms with E-state index < -0.39 is 24.2 Å². The lowest BCUT2D eigenvalue weighted by Gasteiger charge is -2.10. The fourth-order valence-corrected chi connectivity index (χ4v) is 3.90. The van der Waals surface area contributed by atoms with Crippen LogP contribution in [0.2, 0.25) is 0 Å². The standard InChI is InChI=1S/C24H38O4.C8H6O6/c1-3-5-7-9-11-15-19-27-23(25)21-17-13-14-18-22(21)24(26)28-20-16-12-10-8-6-4-2;9-7(10)13-5-3-1-2-4-6(5)14-8(11)12/h13-14,17-18H,3-12,15-16,19-20H2,1-2H3;1-4H,(H,9,10)(H,11,12). The monoisotopic (exact) mass is 588 g/mol. The Bertz CT molecular complexity index is 998. The van der Waals surface area contributed by atoms with E-state index >= 15 is 0 Å².